The number of anilines is 1. The number of amides is 2. The minimum Gasteiger partial charge on any atom is -0.490 e. The van der Waals surface area contributed by atoms with Gasteiger partial charge in [0.15, 0.2) is 11.5 Å². The monoisotopic (exact) mass is 396 g/mol. The van der Waals surface area contributed by atoms with Crippen LogP contribution in [0.3, 0.4) is 0 Å². The van der Waals surface area contributed by atoms with Crippen LogP contribution in [0.25, 0.3) is 11.0 Å². The van der Waals surface area contributed by atoms with Gasteiger partial charge in [0, 0.05) is 12.2 Å². The van der Waals surface area contributed by atoms with Crippen LogP contribution in [-0.4, -0.2) is 41.5 Å². The van der Waals surface area contributed by atoms with Gasteiger partial charge < -0.3 is 25.1 Å². The second-order valence-corrected chi connectivity index (χ2v) is 6.24. The van der Waals surface area contributed by atoms with Gasteiger partial charge in [-0.1, -0.05) is 6.07 Å². The number of ether oxygens (including phenoxy) is 2. The van der Waals surface area contributed by atoms with Crippen molar-refractivity contribution in [2.45, 2.75) is 20.3 Å². The fourth-order valence-corrected chi connectivity index (χ4v) is 2.85. The van der Waals surface area contributed by atoms with Crippen molar-refractivity contribution in [2.75, 3.05) is 25.1 Å². The number of nitrogens with one attached hydrogen (secondary N) is 3. The summed E-state index contributed by atoms with van der Waals surface area (Å²) in [6.45, 7) is 5.23. The summed E-state index contributed by atoms with van der Waals surface area (Å²) in [5.74, 6) is -0.0443. The van der Waals surface area contributed by atoms with E-state index in [0.29, 0.717) is 43.4 Å². The first-order chi connectivity index (χ1) is 14.1. The van der Waals surface area contributed by atoms with E-state index in [1.807, 2.05) is 32.0 Å². The van der Waals surface area contributed by atoms with Crippen LogP contribution < -0.4 is 20.1 Å². The van der Waals surface area contributed by atoms with Crippen molar-refractivity contribution < 1.29 is 19.1 Å². The Morgan fingerprint density at radius 3 is 2.59 bits per heavy atom. The quantitative estimate of drug-likeness (QED) is 0.508. The number of H-pyrrole nitrogens is 1. The Balaban J connectivity index is 1.52. The van der Waals surface area contributed by atoms with Crippen LogP contribution >= 0.6 is 0 Å². The van der Waals surface area contributed by atoms with Crippen LogP contribution in [-0.2, 0) is 16.0 Å². The molecule has 0 saturated heterocycles. The molecule has 8 heteroatoms. The van der Waals surface area contributed by atoms with E-state index in [4.69, 9.17) is 9.47 Å². The maximum absolute atomic E-state index is 12.1. The van der Waals surface area contributed by atoms with Crippen molar-refractivity contribution in [1.29, 1.82) is 0 Å². The molecule has 3 aromatic rings. The largest absolute Gasteiger partial charge is 0.490 e. The van der Waals surface area contributed by atoms with Crippen LogP contribution in [0.4, 0.5) is 5.69 Å². The summed E-state index contributed by atoms with van der Waals surface area (Å²) < 4.78 is 11.1. The highest BCUT2D eigenvalue weighted by Gasteiger charge is 2.14. The number of hydrogen-bond acceptors (Lipinski definition) is 5. The molecule has 0 radical (unpaired) electrons. The number of carbonyl (C=O) groups excluding carboxylic acids is 2. The molecule has 8 nitrogen and oxygen atoms in total. The SMILES string of the molecule is CCOc1ccc(CCNC(=O)C(=O)Nc2ccc3nc[nH]c3c2)cc1OCC. The van der Waals surface area contributed by atoms with E-state index in [-0.39, 0.29) is 0 Å². The fourth-order valence-electron chi connectivity index (χ4n) is 2.85. The third-order valence-electron chi connectivity index (χ3n) is 4.19. The molecule has 0 fully saturated rings. The first-order valence-corrected chi connectivity index (χ1v) is 9.51. The van der Waals surface area contributed by atoms with Crippen molar-refractivity contribution in [3.63, 3.8) is 0 Å². The van der Waals surface area contributed by atoms with Crippen LogP contribution in [0.5, 0.6) is 11.5 Å². The van der Waals surface area contributed by atoms with E-state index in [1.165, 1.54) is 0 Å². The van der Waals surface area contributed by atoms with Gasteiger partial charge in [0.05, 0.1) is 30.6 Å². The van der Waals surface area contributed by atoms with E-state index < -0.39 is 11.8 Å². The zero-order valence-electron chi connectivity index (χ0n) is 16.5. The number of rotatable bonds is 8. The summed E-state index contributed by atoms with van der Waals surface area (Å²) in [7, 11) is 0. The van der Waals surface area contributed by atoms with Gasteiger partial charge in [0.1, 0.15) is 0 Å². The molecular formula is C21H24N4O4. The molecule has 0 spiro atoms. The van der Waals surface area contributed by atoms with Gasteiger partial charge in [-0.25, -0.2) is 4.98 Å². The molecule has 1 aromatic heterocycles. The van der Waals surface area contributed by atoms with E-state index >= 15 is 0 Å². The highest BCUT2D eigenvalue weighted by atomic mass is 16.5. The predicted molar refractivity (Wildman–Crippen MR) is 110 cm³/mol. The van der Waals surface area contributed by atoms with Crippen molar-refractivity contribution >= 4 is 28.5 Å². The van der Waals surface area contributed by atoms with Crippen LogP contribution in [0, 0.1) is 0 Å². The van der Waals surface area contributed by atoms with E-state index in [0.717, 1.165) is 16.6 Å². The Bertz CT molecular complexity index is 999. The summed E-state index contributed by atoms with van der Waals surface area (Å²) in [5.41, 5.74) is 3.06. The Hall–Kier alpha value is -3.55. The molecular weight excluding hydrogens is 372 g/mol. The van der Waals surface area contributed by atoms with Crippen molar-refractivity contribution in [1.82, 2.24) is 15.3 Å². The number of imidazole rings is 1. The van der Waals surface area contributed by atoms with Crippen molar-refractivity contribution in [3.8, 4) is 11.5 Å². The Labute approximate surface area is 168 Å². The molecule has 0 unspecified atom stereocenters. The van der Waals surface area contributed by atoms with Gasteiger partial charge in [-0.2, -0.15) is 0 Å². The highest BCUT2D eigenvalue weighted by molar-refractivity contribution is 6.39. The lowest BCUT2D eigenvalue weighted by Gasteiger charge is -2.12. The smallest absolute Gasteiger partial charge is 0.313 e. The van der Waals surface area contributed by atoms with Crippen LogP contribution in [0.2, 0.25) is 0 Å². The third-order valence-corrected chi connectivity index (χ3v) is 4.19. The molecule has 3 rings (SSSR count). The number of carbonyl (C=O) groups is 2. The topological polar surface area (TPSA) is 105 Å². The number of aromatic nitrogens is 2. The van der Waals surface area contributed by atoms with Crippen LogP contribution in [0.15, 0.2) is 42.7 Å². The summed E-state index contributed by atoms with van der Waals surface area (Å²) in [4.78, 5) is 31.2. The Morgan fingerprint density at radius 2 is 1.79 bits per heavy atom. The average Bonchev–Trinajstić information content (AvgIpc) is 3.18. The lowest BCUT2D eigenvalue weighted by molar-refractivity contribution is -0.136. The normalized spacial score (nSPS) is 10.6. The maximum Gasteiger partial charge on any atom is 0.313 e. The number of benzene rings is 2. The first-order valence-electron chi connectivity index (χ1n) is 9.51. The highest BCUT2D eigenvalue weighted by Crippen LogP contribution is 2.28. The van der Waals surface area contributed by atoms with Gasteiger partial charge in [-0.05, 0) is 56.2 Å². The zero-order valence-corrected chi connectivity index (χ0v) is 16.5. The second kappa shape index (κ2) is 9.59. The average molecular weight is 396 g/mol. The maximum atomic E-state index is 12.1. The summed E-state index contributed by atoms with van der Waals surface area (Å²) in [6, 6.07) is 10.8. The lowest BCUT2D eigenvalue weighted by Crippen LogP contribution is -2.36. The molecule has 3 N–H and O–H groups in total. The Kier molecular flexibility index (Phi) is 6.67. The summed E-state index contributed by atoms with van der Waals surface area (Å²) >= 11 is 0. The van der Waals surface area contributed by atoms with Gasteiger partial charge in [-0.3, -0.25) is 9.59 Å². The molecule has 29 heavy (non-hydrogen) atoms. The number of hydrogen-bond donors (Lipinski definition) is 3. The van der Waals surface area contributed by atoms with Gasteiger partial charge in [0.2, 0.25) is 0 Å². The molecule has 2 aromatic carbocycles. The molecule has 152 valence electrons. The molecule has 0 aliphatic carbocycles. The molecule has 0 aliphatic heterocycles. The minimum absolute atomic E-state index is 0.325. The minimum atomic E-state index is -0.717. The number of fused-ring (bicyclic) bond motifs is 1. The number of aromatic amines is 1. The molecule has 0 atom stereocenters. The third kappa shape index (κ3) is 5.25. The van der Waals surface area contributed by atoms with Gasteiger partial charge in [0.25, 0.3) is 0 Å². The summed E-state index contributed by atoms with van der Waals surface area (Å²) in [6.07, 6.45) is 2.13. The van der Waals surface area contributed by atoms with Gasteiger partial charge in [-0.15, -0.1) is 0 Å². The van der Waals surface area contributed by atoms with Crippen LogP contribution in [0.1, 0.15) is 19.4 Å². The second-order valence-electron chi connectivity index (χ2n) is 6.24. The van der Waals surface area contributed by atoms with Crippen molar-refractivity contribution in [2.24, 2.45) is 0 Å². The van der Waals surface area contributed by atoms with Crippen molar-refractivity contribution in [3.05, 3.63) is 48.3 Å². The van der Waals surface area contributed by atoms with Gasteiger partial charge >= 0.3 is 11.8 Å². The molecule has 1 heterocycles. The Morgan fingerprint density at radius 1 is 1.00 bits per heavy atom. The number of nitrogens with zero attached hydrogens (tertiary/aromatic N) is 1. The fraction of sp³-hybridized carbons (Fsp3) is 0.286. The molecule has 0 aliphatic rings. The predicted octanol–water partition coefficient (Wildman–Crippen LogP) is 2.66. The lowest BCUT2D eigenvalue weighted by atomic mass is 10.1. The first kappa shape index (κ1) is 20.2. The standard InChI is InChI=1S/C21H24N4O4/c1-3-28-18-8-5-14(11-19(18)29-4-2)9-10-22-20(26)21(27)25-15-6-7-16-17(12-15)24-13-23-16/h5-8,11-13H,3-4,9-10H2,1-2H3,(H,22,26)(H,23,24)(H,25,27). The molecule has 0 bridgehead atoms. The molecule has 2 amide bonds. The van der Waals surface area contributed by atoms with E-state index in [1.54, 1.807) is 24.5 Å². The van der Waals surface area contributed by atoms with E-state index in [2.05, 4.69) is 20.6 Å². The summed E-state index contributed by atoms with van der Waals surface area (Å²) in [5, 5.41) is 5.22. The molecule has 0 saturated carbocycles. The van der Waals surface area contributed by atoms with E-state index in [9.17, 15) is 9.59 Å². The zero-order chi connectivity index (χ0) is 20.6.